The molecule has 19 heavy (non-hydrogen) atoms. The molecule has 0 unspecified atom stereocenters. The molecule has 91 valence electrons. The van der Waals surface area contributed by atoms with Crippen LogP contribution in [-0.2, 0) is 39.1 Å². The molecule has 2 aromatic heterocycles. The maximum Gasteiger partial charge on any atom is 0.0270 e. The minimum Gasteiger partial charge on any atom is -0.482 e. The van der Waals surface area contributed by atoms with Gasteiger partial charge in [-0.15, -0.1) is 0 Å². The second-order valence-electron chi connectivity index (χ2n) is 4.21. The second-order valence-corrected chi connectivity index (χ2v) is 4.21. The van der Waals surface area contributed by atoms with Gasteiger partial charge in [-0.1, -0.05) is 36.3 Å². The van der Waals surface area contributed by atoms with Crippen LogP contribution in [0.25, 0.3) is 16.5 Å². The summed E-state index contributed by atoms with van der Waals surface area (Å²) in [5.41, 5.74) is 10.2. The molecule has 0 saturated carbocycles. The summed E-state index contributed by atoms with van der Waals surface area (Å²) in [6.07, 6.45) is 6.20. The topological polar surface area (TPSA) is 49.6 Å². The van der Waals surface area contributed by atoms with Gasteiger partial charge in [0.05, 0.1) is 0 Å². The van der Waals surface area contributed by atoms with Crippen LogP contribution in [0.4, 0.5) is 5.82 Å². The van der Waals surface area contributed by atoms with E-state index in [0.717, 1.165) is 22.8 Å². The zero-order chi connectivity index (χ0) is 12.4. The average Bonchev–Trinajstić information content (AvgIpc) is 2.44. The molecule has 0 fully saturated rings. The third-order valence-electron chi connectivity index (χ3n) is 3.02. The Hall–Kier alpha value is -1.32. The van der Waals surface area contributed by atoms with Crippen molar-refractivity contribution in [2.45, 2.75) is 6.42 Å². The molecular formula is C15H12N3Y-. The van der Waals surface area contributed by atoms with Crippen molar-refractivity contribution in [1.82, 2.24) is 9.97 Å². The van der Waals surface area contributed by atoms with Crippen molar-refractivity contribution in [2.24, 2.45) is 0 Å². The fourth-order valence-electron chi connectivity index (χ4n) is 2.11. The summed E-state index contributed by atoms with van der Waals surface area (Å²) in [5, 5.41) is 2.01. The Bertz CT molecular complexity index is 683. The minimum absolute atomic E-state index is 0. The number of hydrogen-bond acceptors (Lipinski definition) is 2. The Morgan fingerprint density at radius 2 is 1.63 bits per heavy atom. The average molecular weight is 323 g/mol. The maximum atomic E-state index is 7.82. The van der Waals surface area contributed by atoms with Gasteiger partial charge in [0.25, 0.3) is 0 Å². The van der Waals surface area contributed by atoms with Crippen LogP contribution in [-0.4, -0.2) is 9.97 Å². The first-order valence-electron chi connectivity index (χ1n) is 5.82. The van der Waals surface area contributed by atoms with Gasteiger partial charge >= 0.3 is 0 Å². The fraction of sp³-hybridized carbons (Fsp3) is 0.0667. The quantitative estimate of drug-likeness (QED) is 0.718. The first kappa shape index (κ1) is 14.1. The molecule has 1 radical (unpaired) electrons. The molecule has 0 aliphatic rings. The van der Waals surface area contributed by atoms with E-state index in [9.17, 15) is 0 Å². The Labute approximate surface area is 137 Å². The van der Waals surface area contributed by atoms with Gasteiger partial charge in [0.1, 0.15) is 0 Å². The second kappa shape index (κ2) is 6.22. The van der Waals surface area contributed by atoms with Crippen molar-refractivity contribution in [3.8, 4) is 0 Å². The zero-order valence-corrected chi connectivity index (χ0v) is 13.2. The third-order valence-corrected chi connectivity index (χ3v) is 3.02. The molecule has 2 heterocycles. The smallest absolute Gasteiger partial charge is 0.0270 e. The SMILES string of the molecule is [NH-]c1ncc(Cc2ccncc2)c2ccccc12.[Y]. The van der Waals surface area contributed by atoms with Crippen LogP contribution in [0, 0.1) is 0 Å². The molecule has 0 amide bonds. The number of hydrogen-bond donors (Lipinski definition) is 0. The summed E-state index contributed by atoms with van der Waals surface area (Å²) >= 11 is 0. The largest absolute Gasteiger partial charge is 0.482 e. The van der Waals surface area contributed by atoms with Gasteiger partial charge in [-0.25, -0.2) is 0 Å². The Morgan fingerprint density at radius 1 is 0.947 bits per heavy atom. The molecule has 0 saturated heterocycles. The van der Waals surface area contributed by atoms with Crippen molar-refractivity contribution in [3.05, 3.63) is 71.8 Å². The van der Waals surface area contributed by atoms with Crippen LogP contribution in [0.1, 0.15) is 11.1 Å². The zero-order valence-electron chi connectivity index (χ0n) is 10.4. The number of benzene rings is 1. The predicted octanol–water partition coefficient (Wildman–Crippen LogP) is 3.90. The van der Waals surface area contributed by atoms with E-state index >= 15 is 0 Å². The number of aromatic nitrogens is 2. The van der Waals surface area contributed by atoms with E-state index in [1.54, 1.807) is 18.6 Å². The summed E-state index contributed by atoms with van der Waals surface area (Å²) in [5.74, 6) is 0.337. The maximum absolute atomic E-state index is 7.82. The van der Waals surface area contributed by atoms with Gasteiger partial charge in [-0.2, -0.15) is 0 Å². The monoisotopic (exact) mass is 323 g/mol. The molecule has 1 aromatic carbocycles. The molecule has 0 atom stereocenters. The predicted molar refractivity (Wildman–Crippen MR) is 72.8 cm³/mol. The number of fused-ring (bicyclic) bond motifs is 1. The molecule has 0 aliphatic carbocycles. The van der Waals surface area contributed by atoms with Gasteiger partial charge in [-0.3, -0.25) is 4.98 Å². The Balaban J connectivity index is 0.00000133. The van der Waals surface area contributed by atoms with E-state index in [2.05, 4.69) is 9.97 Å². The van der Waals surface area contributed by atoms with Crippen LogP contribution >= 0.6 is 0 Å². The van der Waals surface area contributed by atoms with Crippen LogP contribution in [0.15, 0.2) is 55.0 Å². The van der Waals surface area contributed by atoms with E-state index < -0.39 is 0 Å². The first-order valence-corrected chi connectivity index (χ1v) is 5.82. The van der Waals surface area contributed by atoms with Crippen molar-refractivity contribution in [2.75, 3.05) is 0 Å². The van der Waals surface area contributed by atoms with Crippen molar-refractivity contribution in [3.63, 3.8) is 0 Å². The van der Waals surface area contributed by atoms with Gasteiger partial charge in [-0.05, 0) is 40.5 Å². The van der Waals surface area contributed by atoms with Crippen LogP contribution < -0.4 is 0 Å². The summed E-state index contributed by atoms with van der Waals surface area (Å²) in [6, 6.07) is 11.9. The number of nitrogens with one attached hydrogen (secondary N) is 1. The Morgan fingerprint density at radius 3 is 2.37 bits per heavy atom. The van der Waals surface area contributed by atoms with Gasteiger partial charge in [0.15, 0.2) is 0 Å². The van der Waals surface area contributed by atoms with Crippen LogP contribution in [0.2, 0.25) is 0 Å². The molecular weight excluding hydrogens is 311 g/mol. The van der Waals surface area contributed by atoms with Crippen molar-refractivity contribution in [1.29, 1.82) is 0 Å². The number of pyridine rings is 2. The first-order chi connectivity index (χ1) is 8.84. The molecule has 3 rings (SSSR count). The molecule has 3 aromatic rings. The third kappa shape index (κ3) is 2.99. The van der Waals surface area contributed by atoms with Crippen molar-refractivity contribution < 1.29 is 32.7 Å². The molecule has 0 bridgehead atoms. The van der Waals surface area contributed by atoms with E-state index in [4.69, 9.17) is 5.73 Å². The molecule has 3 nitrogen and oxygen atoms in total. The van der Waals surface area contributed by atoms with E-state index in [-0.39, 0.29) is 32.7 Å². The van der Waals surface area contributed by atoms with Crippen LogP contribution in [0.5, 0.6) is 0 Å². The van der Waals surface area contributed by atoms with Crippen LogP contribution in [0.3, 0.4) is 0 Å². The van der Waals surface area contributed by atoms with Crippen molar-refractivity contribution >= 4 is 16.6 Å². The molecule has 0 spiro atoms. The summed E-state index contributed by atoms with van der Waals surface area (Å²) in [4.78, 5) is 8.17. The van der Waals surface area contributed by atoms with E-state index in [1.165, 1.54) is 5.56 Å². The Kier molecular flexibility index (Phi) is 4.62. The summed E-state index contributed by atoms with van der Waals surface area (Å²) in [6.45, 7) is 0. The van der Waals surface area contributed by atoms with E-state index in [1.807, 2.05) is 36.4 Å². The standard InChI is InChI=1S/C15H12N3.Y/c16-15-14-4-2-1-3-13(14)12(10-18-15)9-11-5-7-17-8-6-11;/h1-8,10H,9H2,(H-,16,18);/q-1;. The minimum atomic E-state index is 0. The van der Waals surface area contributed by atoms with E-state index in [0.29, 0.717) is 5.82 Å². The van der Waals surface area contributed by atoms with Gasteiger partial charge in [0, 0.05) is 45.1 Å². The summed E-state index contributed by atoms with van der Waals surface area (Å²) in [7, 11) is 0. The number of nitrogens with zero attached hydrogens (tertiary/aromatic N) is 2. The van der Waals surface area contributed by atoms with Gasteiger partial charge < -0.3 is 10.7 Å². The fourth-order valence-corrected chi connectivity index (χ4v) is 2.11. The molecule has 0 aliphatic heterocycles. The number of rotatable bonds is 2. The van der Waals surface area contributed by atoms with Gasteiger partial charge in [0.2, 0.25) is 0 Å². The summed E-state index contributed by atoms with van der Waals surface area (Å²) < 4.78 is 0. The molecule has 4 heteroatoms. The molecule has 1 N–H and O–H groups in total. The normalized spacial score (nSPS) is 10.1.